The summed E-state index contributed by atoms with van der Waals surface area (Å²) < 4.78 is 6.12. The number of fused-ring (bicyclic) bond motifs is 9. The summed E-state index contributed by atoms with van der Waals surface area (Å²) >= 11 is 9.22. The second-order valence-corrected chi connectivity index (χ2v) is 14.8. The van der Waals surface area contributed by atoms with Crippen molar-refractivity contribution in [2.45, 2.75) is 22.6 Å². The van der Waals surface area contributed by atoms with E-state index >= 15 is 0 Å². The molecule has 3 fully saturated rings. The van der Waals surface area contributed by atoms with Gasteiger partial charge < -0.3 is 15.0 Å². The maximum atomic E-state index is 14.0. The molecule has 0 spiro atoms. The highest BCUT2D eigenvalue weighted by Crippen LogP contribution is 2.69. The number of ether oxygens (including phenoxy) is 1. The van der Waals surface area contributed by atoms with Crippen molar-refractivity contribution in [2.24, 2.45) is 29.6 Å². The van der Waals surface area contributed by atoms with Gasteiger partial charge in [0.15, 0.2) is 6.61 Å². The van der Waals surface area contributed by atoms with Crippen molar-refractivity contribution < 1.29 is 24.0 Å². The lowest BCUT2D eigenvalue weighted by atomic mass is 9.68. The fourth-order valence-corrected chi connectivity index (χ4v) is 11.2. The second-order valence-electron chi connectivity index (χ2n) is 12.1. The van der Waals surface area contributed by atoms with Crippen LogP contribution in [0.4, 0.5) is 17.1 Å². The summed E-state index contributed by atoms with van der Waals surface area (Å²) in [5, 5.41) is 15.1. The number of amides is 3. The average Bonchev–Trinajstić information content (AvgIpc) is 3.79. The van der Waals surface area contributed by atoms with Gasteiger partial charge in [-0.3, -0.25) is 34.2 Å². The number of aromatic nitrogens is 1. The predicted molar refractivity (Wildman–Crippen MR) is 176 cm³/mol. The molecule has 2 aliphatic carbocycles. The first-order valence-electron chi connectivity index (χ1n) is 15.0. The number of thioether (sulfide) groups is 1. The molecule has 2 aliphatic heterocycles. The number of aromatic amines is 1. The molecule has 3 heterocycles. The maximum absolute atomic E-state index is 14.0. The fraction of sp³-hybridized carbons (Fsp3) is 0.273. The van der Waals surface area contributed by atoms with Gasteiger partial charge in [-0.05, 0) is 66.6 Å². The number of nitrogens with one attached hydrogen (secondary N) is 2. The van der Waals surface area contributed by atoms with Crippen LogP contribution in [0.25, 0.3) is 0 Å². The Morgan fingerprint density at radius 2 is 1.74 bits per heavy atom. The molecule has 7 atom stereocenters. The van der Waals surface area contributed by atoms with Crippen LogP contribution < -0.4 is 19.8 Å². The number of rotatable bonds is 7. The van der Waals surface area contributed by atoms with Crippen LogP contribution in [0.15, 0.2) is 82.6 Å². The first-order valence-corrected chi connectivity index (χ1v) is 17.1. The van der Waals surface area contributed by atoms with Gasteiger partial charge in [-0.15, -0.1) is 11.8 Å². The van der Waals surface area contributed by atoms with Gasteiger partial charge in [0.1, 0.15) is 5.75 Å². The summed E-state index contributed by atoms with van der Waals surface area (Å²) in [4.78, 5) is 68.9. The van der Waals surface area contributed by atoms with E-state index in [0.29, 0.717) is 34.1 Å². The smallest absolute Gasteiger partial charge is 0.305 e. The van der Waals surface area contributed by atoms with E-state index in [1.165, 1.54) is 29.2 Å². The van der Waals surface area contributed by atoms with Crippen molar-refractivity contribution >= 4 is 69.5 Å². The van der Waals surface area contributed by atoms with Gasteiger partial charge in [0, 0.05) is 44.5 Å². The summed E-state index contributed by atoms with van der Waals surface area (Å²) in [6.45, 7) is -0.261. The Morgan fingerprint density at radius 1 is 1.02 bits per heavy atom. The number of nitro benzene ring substituents is 1. The SMILES string of the molecule is O=C(COc1ccc(Cl)cc1[C@@H]1c2sc(=O)[nH]c2S[C@@H]2[C@@H]3C[C@@H]([C@@H]4C(=O)N(c5ccc([N+](=O)[O-])cc5)C(=O)[C@@H]34)[C@H]12)Nc1ccccc1. The summed E-state index contributed by atoms with van der Waals surface area (Å²) in [6.07, 6.45) is 0.676. The third kappa shape index (κ3) is 4.86. The van der Waals surface area contributed by atoms with Crippen molar-refractivity contribution in [3.05, 3.63) is 108 Å². The summed E-state index contributed by atoms with van der Waals surface area (Å²) in [5.41, 5.74) is 1.54. The van der Waals surface area contributed by atoms with Crippen LogP contribution in [-0.2, 0) is 14.4 Å². The standard InChI is InChI=1S/C33H25ClN4O7S2/c34-15-6-11-22(45-14-23(39)35-16-4-2-1-3-5-16)19(12-15)24-25-20-13-21(28(25)46-30-29(24)47-33(42)36-30)27-26(20)31(40)37(32(27)41)17-7-9-18(10-8-17)38(43)44/h1-12,20-21,24-28H,13-14H2,(H,35,39)(H,36,42)/t20-,21-,24+,25-,26+,27+,28-/m1/s1. The molecule has 238 valence electrons. The number of thiazole rings is 1. The molecule has 14 heteroatoms. The number of benzene rings is 3. The molecule has 0 radical (unpaired) electrons. The molecular weight excluding hydrogens is 664 g/mol. The van der Waals surface area contributed by atoms with E-state index in [-0.39, 0.29) is 63.8 Å². The van der Waals surface area contributed by atoms with Crippen LogP contribution >= 0.6 is 34.7 Å². The van der Waals surface area contributed by atoms with E-state index < -0.39 is 16.8 Å². The van der Waals surface area contributed by atoms with Crippen molar-refractivity contribution in [1.82, 2.24) is 4.98 Å². The molecule has 2 bridgehead atoms. The third-order valence-corrected chi connectivity index (χ3v) is 12.6. The van der Waals surface area contributed by atoms with Gasteiger partial charge in [0.05, 0.1) is 27.5 Å². The van der Waals surface area contributed by atoms with Gasteiger partial charge in [-0.25, -0.2) is 0 Å². The zero-order chi connectivity index (χ0) is 32.6. The van der Waals surface area contributed by atoms with Crippen molar-refractivity contribution in [3.63, 3.8) is 0 Å². The van der Waals surface area contributed by atoms with Crippen LogP contribution in [0.5, 0.6) is 5.75 Å². The van der Waals surface area contributed by atoms with E-state index in [1.807, 2.05) is 18.2 Å². The number of carbonyl (C=O) groups is 3. The van der Waals surface area contributed by atoms with Gasteiger partial charge >= 0.3 is 4.87 Å². The summed E-state index contributed by atoms with van der Waals surface area (Å²) in [5.74, 6) is -2.40. The van der Waals surface area contributed by atoms with Crippen molar-refractivity contribution in [3.8, 4) is 5.75 Å². The van der Waals surface area contributed by atoms with Crippen LogP contribution in [0, 0.1) is 39.7 Å². The number of nitrogens with zero attached hydrogens (tertiary/aromatic N) is 2. The number of hydrogen-bond donors (Lipinski definition) is 2. The van der Waals surface area contributed by atoms with Gasteiger partial charge in [-0.2, -0.15) is 0 Å². The molecule has 4 aromatic rings. The molecule has 3 amide bonds. The second kappa shape index (κ2) is 11.4. The van der Waals surface area contributed by atoms with E-state index in [0.717, 1.165) is 21.2 Å². The lowest BCUT2D eigenvalue weighted by Gasteiger charge is -2.43. The fourth-order valence-electron chi connectivity index (χ4n) is 8.10. The van der Waals surface area contributed by atoms with E-state index in [2.05, 4.69) is 10.3 Å². The number of halogens is 1. The number of nitro groups is 1. The Morgan fingerprint density at radius 3 is 2.47 bits per heavy atom. The molecule has 11 nitrogen and oxygen atoms in total. The summed E-state index contributed by atoms with van der Waals surface area (Å²) in [6, 6.07) is 19.7. The summed E-state index contributed by atoms with van der Waals surface area (Å²) in [7, 11) is 0. The third-order valence-electron chi connectivity index (χ3n) is 9.77. The number of para-hydroxylation sites is 1. The molecule has 8 rings (SSSR count). The number of non-ortho nitro benzene ring substituents is 1. The Balaban J connectivity index is 1.14. The van der Waals surface area contributed by atoms with E-state index in [4.69, 9.17) is 16.3 Å². The molecule has 2 N–H and O–H groups in total. The van der Waals surface area contributed by atoms with Crippen LogP contribution in [0.1, 0.15) is 22.8 Å². The van der Waals surface area contributed by atoms with Gasteiger partial charge in [0.25, 0.3) is 11.6 Å². The monoisotopic (exact) mass is 688 g/mol. The highest BCUT2D eigenvalue weighted by atomic mass is 35.5. The molecular formula is C33H25ClN4O7S2. The number of hydrogen-bond acceptors (Lipinski definition) is 9. The molecule has 3 aromatic carbocycles. The minimum absolute atomic E-state index is 0.0780. The predicted octanol–water partition coefficient (Wildman–Crippen LogP) is 5.69. The van der Waals surface area contributed by atoms with Crippen LogP contribution in [-0.4, -0.2) is 39.5 Å². The lowest BCUT2D eigenvalue weighted by Crippen LogP contribution is -2.42. The lowest BCUT2D eigenvalue weighted by molar-refractivity contribution is -0.384. The largest absolute Gasteiger partial charge is 0.483 e. The number of carbonyl (C=O) groups excluding carboxylic acids is 3. The Hall–Kier alpha value is -4.46. The van der Waals surface area contributed by atoms with Crippen molar-refractivity contribution in [1.29, 1.82) is 0 Å². The number of H-pyrrole nitrogens is 1. The molecule has 1 saturated heterocycles. The number of imide groups is 1. The minimum Gasteiger partial charge on any atom is -0.483 e. The molecule has 4 aliphatic rings. The Bertz CT molecular complexity index is 2020. The molecule has 1 aromatic heterocycles. The highest BCUT2D eigenvalue weighted by molar-refractivity contribution is 8.00. The molecule has 2 saturated carbocycles. The van der Waals surface area contributed by atoms with Crippen LogP contribution in [0.2, 0.25) is 5.02 Å². The Labute approximate surface area is 280 Å². The Kier molecular flexibility index (Phi) is 7.23. The zero-order valence-electron chi connectivity index (χ0n) is 24.3. The topological polar surface area (TPSA) is 152 Å². The van der Waals surface area contributed by atoms with Gasteiger partial charge in [-0.1, -0.05) is 41.1 Å². The highest BCUT2D eigenvalue weighted by Gasteiger charge is 2.70. The quantitative estimate of drug-likeness (QED) is 0.143. The maximum Gasteiger partial charge on any atom is 0.305 e. The minimum atomic E-state index is -0.565. The first-order chi connectivity index (χ1) is 22.7. The molecule has 0 unspecified atom stereocenters. The van der Waals surface area contributed by atoms with Crippen molar-refractivity contribution in [2.75, 3.05) is 16.8 Å². The van der Waals surface area contributed by atoms with E-state index in [9.17, 15) is 29.3 Å². The molecule has 47 heavy (non-hydrogen) atoms. The zero-order valence-corrected chi connectivity index (χ0v) is 26.7. The van der Waals surface area contributed by atoms with Gasteiger partial charge in [0.2, 0.25) is 11.8 Å². The normalized spacial score (nSPS) is 26.9. The number of anilines is 2. The average molecular weight is 689 g/mol. The van der Waals surface area contributed by atoms with Crippen LogP contribution in [0.3, 0.4) is 0 Å². The first kappa shape index (κ1) is 29.9. The van der Waals surface area contributed by atoms with E-state index in [1.54, 1.807) is 42.1 Å².